The number of ether oxygens (including phenoxy) is 2. The number of benzene rings is 2. The molecule has 0 radical (unpaired) electrons. The molecule has 2 amide bonds. The van der Waals surface area contributed by atoms with E-state index in [1.54, 1.807) is 17.8 Å². The molecule has 150 valence electrons. The summed E-state index contributed by atoms with van der Waals surface area (Å²) in [6.45, 7) is -0.453. The molecule has 0 aliphatic heterocycles. The number of methoxy groups -OCH3 is 1. The highest BCUT2D eigenvalue weighted by molar-refractivity contribution is 7.98. The Bertz CT molecular complexity index is 827. The van der Waals surface area contributed by atoms with E-state index in [-0.39, 0.29) is 13.2 Å². The predicted molar refractivity (Wildman–Crippen MR) is 109 cm³/mol. The second-order valence-corrected chi connectivity index (χ2v) is 6.98. The van der Waals surface area contributed by atoms with Crippen molar-refractivity contribution in [3.05, 3.63) is 42.5 Å². The molecule has 0 fully saturated rings. The molecular weight excluding hydrogens is 380 g/mol. The highest BCUT2D eigenvalue weighted by Crippen LogP contribution is 2.20. The third-order valence-corrected chi connectivity index (χ3v) is 4.61. The van der Waals surface area contributed by atoms with E-state index in [2.05, 4.69) is 15.4 Å². The van der Waals surface area contributed by atoms with Crippen LogP contribution < -0.4 is 15.4 Å². The van der Waals surface area contributed by atoms with Gasteiger partial charge in [-0.1, -0.05) is 30.3 Å². The second-order valence-electron chi connectivity index (χ2n) is 6.00. The summed E-state index contributed by atoms with van der Waals surface area (Å²) in [6, 6.07) is 12.7. The molecule has 1 atom stereocenters. The Morgan fingerprint density at radius 1 is 1.07 bits per heavy atom. The largest absolute Gasteiger partial charge is 0.484 e. The van der Waals surface area contributed by atoms with Crippen LogP contribution >= 0.6 is 11.8 Å². The Kier molecular flexibility index (Phi) is 8.61. The molecule has 0 unspecified atom stereocenters. The van der Waals surface area contributed by atoms with Crippen LogP contribution in [0.3, 0.4) is 0 Å². The molecule has 28 heavy (non-hydrogen) atoms. The standard InChI is InChI=1S/C20H24N2O5S/c1-26-20(25)17(9-10-28-2)22-18(23)12-21-19(24)13-27-16-8-7-14-5-3-4-6-15(14)11-16/h3-8,11,17H,9-10,12-13H2,1-2H3,(H,21,24)(H,22,23)/t17-/m0/s1. The molecule has 0 aromatic heterocycles. The second kappa shape index (κ2) is 11.2. The van der Waals surface area contributed by atoms with Gasteiger partial charge >= 0.3 is 5.97 Å². The predicted octanol–water partition coefficient (Wildman–Crippen LogP) is 1.75. The van der Waals surface area contributed by atoms with E-state index in [9.17, 15) is 14.4 Å². The summed E-state index contributed by atoms with van der Waals surface area (Å²) in [7, 11) is 1.27. The quantitative estimate of drug-likeness (QED) is 0.586. The van der Waals surface area contributed by atoms with E-state index < -0.39 is 23.8 Å². The number of fused-ring (bicyclic) bond motifs is 1. The average Bonchev–Trinajstić information content (AvgIpc) is 2.72. The van der Waals surface area contributed by atoms with Crippen LogP contribution in [0.25, 0.3) is 10.8 Å². The summed E-state index contributed by atoms with van der Waals surface area (Å²) in [5.41, 5.74) is 0. The SMILES string of the molecule is COC(=O)[C@H](CCSC)NC(=O)CNC(=O)COc1ccc2ccccc2c1. The molecule has 2 aromatic rings. The summed E-state index contributed by atoms with van der Waals surface area (Å²) < 4.78 is 10.2. The van der Waals surface area contributed by atoms with Gasteiger partial charge < -0.3 is 20.1 Å². The van der Waals surface area contributed by atoms with Gasteiger partial charge in [0, 0.05) is 0 Å². The van der Waals surface area contributed by atoms with Crippen LogP contribution in [0.2, 0.25) is 0 Å². The number of thioether (sulfide) groups is 1. The first-order valence-corrected chi connectivity index (χ1v) is 10.2. The van der Waals surface area contributed by atoms with E-state index in [0.717, 1.165) is 10.8 Å². The summed E-state index contributed by atoms with van der Waals surface area (Å²) in [4.78, 5) is 35.6. The Balaban J connectivity index is 1.77. The number of hydrogen-bond acceptors (Lipinski definition) is 6. The van der Waals surface area contributed by atoms with Crippen molar-refractivity contribution < 1.29 is 23.9 Å². The third kappa shape index (κ3) is 6.77. The Morgan fingerprint density at radius 3 is 2.54 bits per heavy atom. The van der Waals surface area contributed by atoms with Gasteiger partial charge in [0.25, 0.3) is 5.91 Å². The third-order valence-electron chi connectivity index (χ3n) is 3.97. The van der Waals surface area contributed by atoms with E-state index in [1.165, 1.54) is 7.11 Å². The van der Waals surface area contributed by atoms with Gasteiger partial charge in [-0.3, -0.25) is 9.59 Å². The molecule has 0 spiro atoms. The molecule has 0 saturated carbocycles. The summed E-state index contributed by atoms with van der Waals surface area (Å²) in [5.74, 6) is -0.126. The molecule has 0 saturated heterocycles. The number of nitrogens with one attached hydrogen (secondary N) is 2. The van der Waals surface area contributed by atoms with Crippen molar-refractivity contribution in [2.75, 3.05) is 32.3 Å². The zero-order chi connectivity index (χ0) is 20.4. The minimum atomic E-state index is -0.726. The van der Waals surface area contributed by atoms with Crippen LogP contribution in [-0.2, 0) is 19.1 Å². The molecule has 2 N–H and O–H groups in total. The Hall–Kier alpha value is -2.74. The highest BCUT2D eigenvalue weighted by atomic mass is 32.2. The van der Waals surface area contributed by atoms with Gasteiger partial charge in [-0.15, -0.1) is 0 Å². The lowest BCUT2D eigenvalue weighted by atomic mass is 10.1. The summed E-state index contributed by atoms with van der Waals surface area (Å²) in [5, 5.41) is 7.14. The van der Waals surface area contributed by atoms with Crippen LogP contribution in [-0.4, -0.2) is 56.1 Å². The fourth-order valence-corrected chi connectivity index (χ4v) is 2.98. The fraction of sp³-hybridized carbons (Fsp3) is 0.350. The monoisotopic (exact) mass is 404 g/mol. The van der Waals surface area contributed by atoms with Gasteiger partial charge in [0.2, 0.25) is 5.91 Å². The van der Waals surface area contributed by atoms with Crippen LogP contribution in [0.5, 0.6) is 5.75 Å². The molecule has 2 rings (SSSR count). The minimum absolute atomic E-state index is 0.210. The van der Waals surface area contributed by atoms with Gasteiger partial charge in [0.05, 0.1) is 13.7 Å². The van der Waals surface area contributed by atoms with Crippen molar-refractivity contribution in [3.63, 3.8) is 0 Å². The van der Waals surface area contributed by atoms with Crippen molar-refractivity contribution in [2.24, 2.45) is 0 Å². The van der Waals surface area contributed by atoms with Crippen molar-refractivity contribution >= 4 is 40.3 Å². The van der Waals surface area contributed by atoms with Gasteiger partial charge in [-0.05, 0) is 41.3 Å². The number of carbonyl (C=O) groups excluding carboxylic acids is 3. The van der Waals surface area contributed by atoms with Crippen molar-refractivity contribution in [1.29, 1.82) is 0 Å². The molecule has 8 heteroatoms. The number of esters is 1. The molecule has 7 nitrogen and oxygen atoms in total. The average molecular weight is 404 g/mol. The fourth-order valence-electron chi connectivity index (χ4n) is 2.51. The number of amides is 2. The lowest BCUT2D eigenvalue weighted by Gasteiger charge is -2.16. The molecule has 0 bridgehead atoms. The summed E-state index contributed by atoms with van der Waals surface area (Å²) >= 11 is 1.56. The van der Waals surface area contributed by atoms with Crippen molar-refractivity contribution in [2.45, 2.75) is 12.5 Å². The topological polar surface area (TPSA) is 93.7 Å². The first-order chi connectivity index (χ1) is 13.5. The molecule has 0 aliphatic rings. The Morgan fingerprint density at radius 2 is 1.82 bits per heavy atom. The van der Waals surface area contributed by atoms with E-state index >= 15 is 0 Å². The van der Waals surface area contributed by atoms with Crippen LogP contribution in [0.4, 0.5) is 0 Å². The van der Waals surface area contributed by atoms with E-state index in [0.29, 0.717) is 17.9 Å². The van der Waals surface area contributed by atoms with Gasteiger partial charge in [-0.2, -0.15) is 11.8 Å². The molecule has 2 aromatic carbocycles. The molecular formula is C20H24N2O5S. The first-order valence-electron chi connectivity index (χ1n) is 8.78. The highest BCUT2D eigenvalue weighted by Gasteiger charge is 2.21. The maximum absolute atomic E-state index is 12.0. The number of rotatable bonds is 10. The smallest absolute Gasteiger partial charge is 0.328 e. The van der Waals surface area contributed by atoms with Crippen LogP contribution in [0.1, 0.15) is 6.42 Å². The first kappa shape index (κ1) is 21.6. The van der Waals surface area contributed by atoms with Crippen molar-refractivity contribution in [1.82, 2.24) is 10.6 Å². The maximum Gasteiger partial charge on any atom is 0.328 e. The van der Waals surface area contributed by atoms with E-state index in [4.69, 9.17) is 4.74 Å². The molecule has 0 aliphatic carbocycles. The lowest BCUT2D eigenvalue weighted by Crippen LogP contribution is -2.46. The maximum atomic E-state index is 12.0. The van der Waals surface area contributed by atoms with Gasteiger partial charge in [-0.25, -0.2) is 4.79 Å². The number of hydrogen-bond donors (Lipinski definition) is 2. The minimum Gasteiger partial charge on any atom is -0.484 e. The molecule has 0 heterocycles. The lowest BCUT2D eigenvalue weighted by molar-refractivity contribution is -0.145. The Labute approximate surface area is 168 Å². The van der Waals surface area contributed by atoms with Crippen LogP contribution in [0, 0.1) is 0 Å². The van der Waals surface area contributed by atoms with E-state index in [1.807, 2.05) is 42.7 Å². The van der Waals surface area contributed by atoms with Crippen LogP contribution in [0.15, 0.2) is 42.5 Å². The summed E-state index contributed by atoms with van der Waals surface area (Å²) in [6.07, 6.45) is 2.37. The van der Waals surface area contributed by atoms with Gasteiger partial charge in [0.15, 0.2) is 6.61 Å². The van der Waals surface area contributed by atoms with Crippen molar-refractivity contribution in [3.8, 4) is 5.75 Å². The zero-order valence-corrected chi connectivity index (χ0v) is 16.7. The normalized spacial score (nSPS) is 11.5. The number of carbonyl (C=O) groups is 3. The zero-order valence-electron chi connectivity index (χ0n) is 15.9. The van der Waals surface area contributed by atoms with Gasteiger partial charge in [0.1, 0.15) is 11.8 Å².